The second kappa shape index (κ2) is 9.91. The van der Waals surface area contributed by atoms with Crippen LogP contribution >= 0.6 is 0 Å². The number of para-hydroxylation sites is 1. The maximum Gasteiger partial charge on any atom is 0.229 e. The normalized spacial score (nSPS) is 17.8. The van der Waals surface area contributed by atoms with Crippen molar-refractivity contribution in [2.24, 2.45) is 5.92 Å². The number of hydrogen-bond acceptors (Lipinski definition) is 7. The first kappa shape index (κ1) is 23.2. The Morgan fingerprint density at radius 2 is 1.88 bits per heavy atom. The summed E-state index contributed by atoms with van der Waals surface area (Å²) >= 11 is 0. The van der Waals surface area contributed by atoms with Gasteiger partial charge in [-0.1, -0.05) is 30.3 Å². The number of nitrogens with two attached hydrogens (primary N) is 1. The highest BCUT2D eigenvalue weighted by Crippen LogP contribution is 2.31. The molecule has 5 N–H and O–H groups in total. The third-order valence-electron chi connectivity index (χ3n) is 6.28. The molecule has 1 aliphatic heterocycles. The lowest BCUT2D eigenvalue weighted by Gasteiger charge is -2.38. The molecule has 0 aliphatic carbocycles. The number of benzene rings is 2. The van der Waals surface area contributed by atoms with E-state index in [9.17, 15) is 4.79 Å². The van der Waals surface area contributed by atoms with Crippen LogP contribution in [0.5, 0.6) is 0 Å². The van der Waals surface area contributed by atoms with Crippen molar-refractivity contribution < 1.29 is 4.79 Å². The molecule has 4 rings (SSSR count). The summed E-state index contributed by atoms with van der Waals surface area (Å²) < 4.78 is 0. The van der Waals surface area contributed by atoms with Gasteiger partial charge in [0, 0.05) is 53.9 Å². The number of anilines is 4. The molecule has 1 aromatic heterocycles. The molecule has 2 aromatic carbocycles. The van der Waals surface area contributed by atoms with Gasteiger partial charge in [-0.05, 0) is 44.9 Å². The monoisotopic (exact) mass is 457 g/mol. The summed E-state index contributed by atoms with van der Waals surface area (Å²) in [7, 11) is 1.79. The van der Waals surface area contributed by atoms with Crippen LogP contribution in [0.2, 0.25) is 0 Å². The van der Waals surface area contributed by atoms with Crippen molar-refractivity contribution in [2.75, 3.05) is 34.9 Å². The van der Waals surface area contributed by atoms with Crippen molar-refractivity contribution in [2.45, 2.75) is 32.7 Å². The molecule has 2 heterocycles. The molecular formula is C26H31N7O. The molecule has 0 bridgehead atoms. The smallest absolute Gasteiger partial charge is 0.229 e. The van der Waals surface area contributed by atoms with Gasteiger partial charge in [-0.2, -0.15) is 4.98 Å². The number of piperidine rings is 1. The first-order valence-electron chi connectivity index (χ1n) is 11.5. The zero-order valence-electron chi connectivity index (χ0n) is 19.8. The topological polar surface area (TPSA) is 120 Å². The number of nitrogens with zero attached hydrogens (tertiary/aromatic N) is 3. The summed E-state index contributed by atoms with van der Waals surface area (Å²) in [4.78, 5) is 24.5. The van der Waals surface area contributed by atoms with E-state index in [-0.39, 0.29) is 17.9 Å². The lowest BCUT2D eigenvalue weighted by Crippen LogP contribution is -2.46. The van der Waals surface area contributed by atoms with Crippen molar-refractivity contribution in [3.63, 3.8) is 0 Å². The summed E-state index contributed by atoms with van der Waals surface area (Å²) in [5.41, 5.74) is 10.3. The van der Waals surface area contributed by atoms with Crippen LogP contribution in [0.25, 0.3) is 11.3 Å². The van der Waals surface area contributed by atoms with Crippen LogP contribution in [0, 0.1) is 11.3 Å². The van der Waals surface area contributed by atoms with Crippen LogP contribution in [0.4, 0.5) is 23.1 Å². The van der Waals surface area contributed by atoms with Crippen LogP contribution in [0.15, 0.2) is 54.6 Å². The van der Waals surface area contributed by atoms with Crippen LogP contribution in [0.1, 0.15) is 32.3 Å². The van der Waals surface area contributed by atoms with Crippen molar-refractivity contribution in [1.82, 2.24) is 9.97 Å². The third kappa shape index (κ3) is 5.01. The first-order chi connectivity index (χ1) is 16.4. The van der Waals surface area contributed by atoms with Gasteiger partial charge in [-0.25, -0.2) is 4.98 Å². The van der Waals surface area contributed by atoms with Gasteiger partial charge in [0.05, 0.1) is 11.6 Å². The van der Waals surface area contributed by atoms with Crippen LogP contribution in [-0.4, -0.2) is 41.2 Å². The Morgan fingerprint density at radius 1 is 1.12 bits per heavy atom. The molecule has 176 valence electrons. The predicted molar refractivity (Wildman–Crippen MR) is 139 cm³/mol. The van der Waals surface area contributed by atoms with Gasteiger partial charge in [0.25, 0.3) is 0 Å². The van der Waals surface area contributed by atoms with E-state index >= 15 is 0 Å². The minimum atomic E-state index is -0.140. The van der Waals surface area contributed by atoms with Crippen LogP contribution in [0.3, 0.4) is 0 Å². The fraction of sp³-hybridized carbons (Fsp3) is 0.308. The van der Waals surface area contributed by atoms with Crippen molar-refractivity contribution in [3.8, 4) is 11.3 Å². The quantitative estimate of drug-likeness (QED) is 0.322. The van der Waals surface area contributed by atoms with Crippen LogP contribution < -0.4 is 21.3 Å². The molecule has 1 fully saturated rings. The van der Waals surface area contributed by atoms with E-state index in [2.05, 4.69) is 27.4 Å². The Hall–Kier alpha value is -3.94. The van der Waals surface area contributed by atoms with E-state index < -0.39 is 0 Å². The van der Waals surface area contributed by atoms with Gasteiger partial charge in [0.2, 0.25) is 11.9 Å². The predicted octanol–water partition coefficient (Wildman–Crippen LogP) is 4.40. The largest absolute Gasteiger partial charge is 0.398 e. The molecule has 1 amide bonds. The molecule has 0 radical (unpaired) electrons. The standard InChI is InChI=1S/C26H31N7O/c1-16-9-10-19(25(34)30-20-7-5-4-6-8-20)15-33(16)24-14-23(31-26(29-3)32-24)18-11-12-21(17(2)27)22(28)13-18/h4-8,11-14,16,19,27H,9-10,15,28H2,1-3H3,(H,30,34)(H,29,31,32). The molecular weight excluding hydrogens is 426 g/mol. The van der Waals surface area contributed by atoms with Crippen molar-refractivity contribution in [1.29, 1.82) is 5.41 Å². The number of carbonyl (C=O) groups excluding carboxylic acids is 1. The summed E-state index contributed by atoms with van der Waals surface area (Å²) in [5, 5.41) is 14.0. The second-order valence-electron chi connectivity index (χ2n) is 8.74. The summed E-state index contributed by atoms with van der Waals surface area (Å²) in [6, 6.07) is 17.3. The highest BCUT2D eigenvalue weighted by atomic mass is 16.1. The minimum Gasteiger partial charge on any atom is -0.398 e. The Labute approximate surface area is 200 Å². The highest BCUT2D eigenvalue weighted by molar-refractivity contribution is 6.01. The Morgan fingerprint density at radius 3 is 2.56 bits per heavy atom. The maximum atomic E-state index is 13.0. The van der Waals surface area contributed by atoms with E-state index in [4.69, 9.17) is 16.1 Å². The third-order valence-corrected chi connectivity index (χ3v) is 6.28. The molecule has 8 heteroatoms. The lowest BCUT2D eigenvalue weighted by molar-refractivity contribution is -0.120. The molecule has 34 heavy (non-hydrogen) atoms. The minimum absolute atomic E-state index is 0.0246. The molecule has 2 unspecified atom stereocenters. The number of aromatic nitrogens is 2. The van der Waals surface area contributed by atoms with Crippen molar-refractivity contribution in [3.05, 3.63) is 60.2 Å². The van der Waals surface area contributed by atoms with E-state index in [0.717, 1.165) is 35.6 Å². The zero-order valence-corrected chi connectivity index (χ0v) is 19.8. The van der Waals surface area contributed by atoms with Gasteiger partial charge >= 0.3 is 0 Å². The summed E-state index contributed by atoms with van der Waals surface area (Å²) in [6.07, 6.45) is 1.72. The Balaban J connectivity index is 1.61. The van der Waals surface area contributed by atoms with Gasteiger partial charge < -0.3 is 26.7 Å². The Kier molecular flexibility index (Phi) is 6.77. The molecule has 1 aliphatic rings. The first-order valence-corrected chi connectivity index (χ1v) is 11.5. The fourth-order valence-corrected chi connectivity index (χ4v) is 4.31. The number of amides is 1. The van der Waals surface area contributed by atoms with Crippen molar-refractivity contribution >= 4 is 34.8 Å². The molecule has 8 nitrogen and oxygen atoms in total. The van der Waals surface area contributed by atoms with E-state index in [1.165, 1.54) is 0 Å². The molecule has 0 saturated carbocycles. The number of carbonyl (C=O) groups is 1. The van der Waals surface area contributed by atoms with E-state index in [0.29, 0.717) is 29.5 Å². The Bertz CT molecular complexity index is 1200. The highest BCUT2D eigenvalue weighted by Gasteiger charge is 2.31. The summed E-state index contributed by atoms with van der Waals surface area (Å²) in [5.74, 6) is 1.15. The fourth-order valence-electron chi connectivity index (χ4n) is 4.31. The van der Waals surface area contributed by atoms with Gasteiger partial charge in [-0.3, -0.25) is 4.79 Å². The number of rotatable bonds is 6. The zero-order chi connectivity index (χ0) is 24.2. The van der Waals surface area contributed by atoms with E-state index in [1.54, 1.807) is 14.0 Å². The SMILES string of the molecule is CNc1nc(-c2ccc(C(C)=N)c(N)c2)cc(N2CC(C(=O)Nc3ccccc3)CCC2C)n1. The number of nitrogen functional groups attached to an aromatic ring is 1. The van der Waals surface area contributed by atoms with E-state index in [1.807, 2.05) is 54.6 Å². The molecule has 3 aromatic rings. The molecule has 0 spiro atoms. The van der Waals surface area contributed by atoms with Gasteiger partial charge in [-0.15, -0.1) is 0 Å². The maximum absolute atomic E-state index is 13.0. The lowest BCUT2D eigenvalue weighted by atomic mass is 9.92. The second-order valence-corrected chi connectivity index (χ2v) is 8.74. The average molecular weight is 458 g/mol. The van der Waals surface area contributed by atoms with Gasteiger partial charge in [0.15, 0.2) is 0 Å². The average Bonchev–Trinajstić information content (AvgIpc) is 2.84. The molecule has 1 saturated heterocycles. The molecule has 2 atom stereocenters. The number of hydrogen-bond donors (Lipinski definition) is 4. The van der Waals surface area contributed by atoms with Crippen LogP contribution in [-0.2, 0) is 4.79 Å². The number of nitrogens with one attached hydrogen (secondary N) is 3. The summed E-state index contributed by atoms with van der Waals surface area (Å²) in [6.45, 7) is 4.45. The van der Waals surface area contributed by atoms with Gasteiger partial charge in [0.1, 0.15) is 5.82 Å².